The quantitative estimate of drug-likeness (QED) is 0.199. The Morgan fingerprint density at radius 1 is 0.458 bits per heavy atom. The van der Waals surface area contributed by atoms with Crippen molar-refractivity contribution in [1.29, 1.82) is 5.26 Å². The maximum atomic E-state index is 10.2. The average Bonchev–Trinajstić information content (AvgIpc) is 3.78. The fraction of sp³-hybridized carbons (Fsp3) is 0.0227. The minimum Gasteiger partial charge on any atom is -0.456 e. The van der Waals surface area contributed by atoms with Crippen molar-refractivity contribution in [3.8, 4) is 28.6 Å². The molecule has 0 saturated heterocycles. The summed E-state index contributed by atoms with van der Waals surface area (Å²) in [5, 5.41) is 17.1. The van der Waals surface area contributed by atoms with E-state index < -0.39 is 0 Å². The minimum atomic E-state index is 0.618. The van der Waals surface area contributed by atoms with Crippen molar-refractivity contribution in [1.82, 2.24) is 9.13 Å². The first-order valence-electron chi connectivity index (χ1n) is 16.2. The lowest BCUT2D eigenvalue weighted by Gasteiger charge is -2.19. The maximum absolute atomic E-state index is 10.2. The molecule has 0 radical (unpaired) electrons. The highest BCUT2D eigenvalue weighted by atomic mass is 16.3. The molecule has 3 aromatic heterocycles. The zero-order valence-corrected chi connectivity index (χ0v) is 26.1. The van der Waals surface area contributed by atoms with Gasteiger partial charge >= 0.3 is 0 Å². The smallest absolute Gasteiger partial charge is 0.136 e. The van der Waals surface area contributed by atoms with Crippen molar-refractivity contribution < 1.29 is 4.42 Å². The van der Waals surface area contributed by atoms with Crippen LogP contribution in [0.2, 0.25) is 0 Å². The fourth-order valence-corrected chi connectivity index (χ4v) is 7.71. The lowest BCUT2D eigenvalue weighted by molar-refractivity contribution is 0.669. The standard InChI is InChI=1S/C44H27N3O/c1-27-18-20-40(46-37-14-6-2-10-29(37)30-11-3-7-15-38(30)46)33(22-27)34-23-28(26-45)19-21-41(34)47-39-16-8-4-12-31(39)35-25-44-36(24-42(35)47)32-13-5-9-17-43(32)48-44/h2-25H,1H3. The molecule has 0 aliphatic rings. The third-order valence-corrected chi connectivity index (χ3v) is 9.80. The Labute approximate surface area is 275 Å². The summed E-state index contributed by atoms with van der Waals surface area (Å²) in [6, 6.07) is 53.6. The van der Waals surface area contributed by atoms with Crippen molar-refractivity contribution in [3.05, 3.63) is 157 Å². The molecule has 0 saturated carbocycles. The Bertz CT molecular complexity index is 2930. The molecule has 0 N–H and O–H groups in total. The van der Waals surface area contributed by atoms with Crippen LogP contribution in [-0.2, 0) is 0 Å². The van der Waals surface area contributed by atoms with E-state index in [0.29, 0.717) is 5.56 Å². The second kappa shape index (κ2) is 9.96. The molecule has 7 aromatic carbocycles. The summed E-state index contributed by atoms with van der Waals surface area (Å²) in [5.74, 6) is 0. The number of nitrogens with zero attached hydrogens (tertiary/aromatic N) is 3. The summed E-state index contributed by atoms with van der Waals surface area (Å²) in [6.07, 6.45) is 0. The molecule has 10 aromatic rings. The number of fused-ring (bicyclic) bond motifs is 9. The zero-order valence-electron chi connectivity index (χ0n) is 26.1. The van der Waals surface area contributed by atoms with Gasteiger partial charge in [0.15, 0.2) is 0 Å². The van der Waals surface area contributed by atoms with Gasteiger partial charge in [0.2, 0.25) is 0 Å². The molecule has 0 amide bonds. The SMILES string of the molecule is Cc1ccc(-n2c3ccccc3c3ccccc32)c(-c2cc(C#N)ccc2-n2c3ccccc3c3cc4oc5ccccc5c4cc32)c1. The first kappa shape index (κ1) is 26.6. The van der Waals surface area contributed by atoms with Crippen LogP contribution >= 0.6 is 0 Å². The van der Waals surface area contributed by atoms with Gasteiger partial charge in [-0.25, -0.2) is 0 Å². The lowest BCUT2D eigenvalue weighted by Crippen LogP contribution is -2.02. The van der Waals surface area contributed by atoms with E-state index in [4.69, 9.17) is 4.42 Å². The molecule has 0 fully saturated rings. The zero-order chi connectivity index (χ0) is 31.9. The first-order chi connectivity index (χ1) is 23.7. The van der Waals surface area contributed by atoms with Crippen LogP contribution in [0.1, 0.15) is 11.1 Å². The molecule has 0 aliphatic heterocycles. The second-order valence-electron chi connectivity index (χ2n) is 12.6. The predicted molar refractivity (Wildman–Crippen MR) is 197 cm³/mol. The fourth-order valence-electron chi connectivity index (χ4n) is 7.71. The summed E-state index contributed by atoms with van der Waals surface area (Å²) in [7, 11) is 0. The molecule has 4 heteroatoms. The predicted octanol–water partition coefficient (Wildman–Crippen LogP) is 11.6. The molecule has 48 heavy (non-hydrogen) atoms. The normalized spacial score (nSPS) is 11.8. The van der Waals surface area contributed by atoms with Gasteiger partial charge in [0.1, 0.15) is 11.2 Å². The Hall–Kier alpha value is -6.57. The molecule has 0 spiro atoms. The van der Waals surface area contributed by atoms with Crippen LogP contribution in [0.5, 0.6) is 0 Å². The maximum Gasteiger partial charge on any atom is 0.136 e. The number of rotatable bonds is 3. The average molecular weight is 614 g/mol. The van der Waals surface area contributed by atoms with Gasteiger partial charge in [-0.15, -0.1) is 0 Å². The number of aromatic nitrogens is 2. The second-order valence-corrected chi connectivity index (χ2v) is 12.6. The number of nitriles is 1. The van der Waals surface area contributed by atoms with E-state index in [0.717, 1.165) is 82.8 Å². The Kier molecular flexibility index (Phi) is 5.53. The van der Waals surface area contributed by atoms with Gasteiger partial charge in [0.05, 0.1) is 45.1 Å². The van der Waals surface area contributed by atoms with E-state index in [-0.39, 0.29) is 0 Å². The summed E-state index contributed by atoms with van der Waals surface area (Å²) in [4.78, 5) is 0. The highest BCUT2D eigenvalue weighted by Crippen LogP contribution is 2.43. The molecule has 0 aliphatic carbocycles. The monoisotopic (exact) mass is 613 g/mol. The van der Waals surface area contributed by atoms with Gasteiger partial charge in [-0.3, -0.25) is 0 Å². The van der Waals surface area contributed by atoms with Crippen molar-refractivity contribution in [3.63, 3.8) is 0 Å². The molecule has 0 unspecified atom stereocenters. The lowest BCUT2D eigenvalue weighted by atomic mass is 9.97. The van der Waals surface area contributed by atoms with Crippen molar-refractivity contribution >= 4 is 65.6 Å². The molecule has 10 rings (SSSR count). The van der Waals surface area contributed by atoms with Crippen LogP contribution in [0.15, 0.2) is 150 Å². The number of benzene rings is 7. The molecule has 224 valence electrons. The Balaban J connectivity index is 1.34. The molecule has 0 bridgehead atoms. The summed E-state index contributed by atoms with van der Waals surface area (Å²) >= 11 is 0. The number of aryl methyl sites for hydroxylation is 1. The van der Waals surface area contributed by atoms with Gasteiger partial charge in [0.25, 0.3) is 0 Å². The first-order valence-corrected chi connectivity index (χ1v) is 16.2. The van der Waals surface area contributed by atoms with Crippen LogP contribution in [-0.4, -0.2) is 9.13 Å². The van der Waals surface area contributed by atoms with E-state index >= 15 is 0 Å². The molecular weight excluding hydrogens is 587 g/mol. The molecule has 0 atom stereocenters. The van der Waals surface area contributed by atoms with Gasteiger partial charge in [0, 0.05) is 43.4 Å². The van der Waals surface area contributed by atoms with E-state index in [1.165, 1.54) is 10.8 Å². The molecule has 3 heterocycles. The summed E-state index contributed by atoms with van der Waals surface area (Å²) < 4.78 is 11.1. The Morgan fingerprint density at radius 3 is 1.67 bits per heavy atom. The van der Waals surface area contributed by atoms with Crippen LogP contribution in [0.4, 0.5) is 0 Å². The number of furan rings is 1. The molecule has 4 nitrogen and oxygen atoms in total. The van der Waals surface area contributed by atoms with Crippen molar-refractivity contribution in [2.45, 2.75) is 6.92 Å². The number of para-hydroxylation sites is 4. The van der Waals surface area contributed by atoms with Crippen LogP contribution in [0, 0.1) is 18.3 Å². The Morgan fingerprint density at radius 2 is 1.00 bits per heavy atom. The third kappa shape index (κ3) is 3.70. The largest absolute Gasteiger partial charge is 0.456 e. The van der Waals surface area contributed by atoms with Crippen LogP contribution in [0.25, 0.3) is 88.1 Å². The minimum absolute atomic E-state index is 0.618. The highest BCUT2D eigenvalue weighted by molar-refractivity contribution is 6.17. The van der Waals surface area contributed by atoms with Gasteiger partial charge < -0.3 is 13.6 Å². The third-order valence-electron chi connectivity index (χ3n) is 9.80. The summed E-state index contributed by atoms with van der Waals surface area (Å²) in [6.45, 7) is 2.13. The number of hydrogen-bond donors (Lipinski definition) is 0. The van der Waals surface area contributed by atoms with Gasteiger partial charge in [-0.1, -0.05) is 84.4 Å². The van der Waals surface area contributed by atoms with Gasteiger partial charge in [-0.2, -0.15) is 5.26 Å². The van der Waals surface area contributed by atoms with E-state index in [1.54, 1.807) is 0 Å². The van der Waals surface area contributed by atoms with Gasteiger partial charge in [-0.05, 0) is 73.7 Å². The summed E-state index contributed by atoms with van der Waals surface area (Å²) in [5.41, 5.74) is 12.1. The number of hydrogen-bond acceptors (Lipinski definition) is 2. The molecular formula is C44H27N3O. The van der Waals surface area contributed by atoms with Crippen molar-refractivity contribution in [2.24, 2.45) is 0 Å². The van der Waals surface area contributed by atoms with E-state index in [9.17, 15) is 5.26 Å². The highest BCUT2D eigenvalue weighted by Gasteiger charge is 2.22. The van der Waals surface area contributed by atoms with Crippen molar-refractivity contribution in [2.75, 3.05) is 0 Å². The van der Waals surface area contributed by atoms with Crippen LogP contribution in [0.3, 0.4) is 0 Å². The van der Waals surface area contributed by atoms with E-state index in [1.807, 2.05) is 24.3 Å². The van der Waals surface area contributed by atoms with E-state index in [2.05, 4.69) is 143 Å². The van der Waals surface area contributed by atoms with Crippen LogP contribution < -0.4 is 0 Å². The topological polar surface area (TPSA) is 46.8 Å².